The van der Waals surface area contributed by atoms with Crippen LogP contribution in [0.25, 0.3) is 0 Å². The molecule has 0 N–H and O–H groups in total. The largest absolute Gasteiger partial charge is 0.491 e. The molecule has 1 aliphatic rings. The molecule has 1 aromatic carbocycles. The first-order chi connectivity index (χ1) is 7.34. The fraction of sp³-hybridized carbons (Fsp3) is 0.538. The zero-order valence-corrected chi connectivity index (χ0v) is 9.24. The lowest BCUT2D eigenvalue weighted by Crippen LogP contribution is -2.25. The van der Waals surface area contributed by atoms with Gasteiger partial charge in [-0.1, -0.05) is 12.1 Å². The van der Waals surface area contributed by atoms with Crippen LogP contribution < -0.4 is 4.74 Å². The highest BCUT2D eigenvalue weighted by Crippen LogP contribution is 2.16. The maximum Gasteiger partial charge on any atom is 0.119 e. The molecule has 1 aliphatic heterocycles. The molecule has 1 aromatic rings. The van der Waals surface area contributed by atoms with E-state index >= 15 is 0 Å². The Bertz CT molecular complexity index is 303. The summed E-state index contributed by atoms with van der Waals surface area (Å²) in [6, 6.07) is 8.15. The van der Waals surface area contributed by atoms with Crippen molar-refractivity contribution in [3.8, 4) is 5.75 Å². The quantitative estimate of drug-likeness (QED) is 0.757. The Morgan fingerprint density at radius 2 is 2.33 bits per heavy atom. The van der Waals surface area contributed by atoms with Crippen molar-refractivity contribution in [1.82, 2.24) is 0 Å². The fourth-order valence-corrected chi connectivity index (χ4v) is 1.83. The molecule has 1 saturated heterocycles. The van der Waals surface area contributed by atoms with Gasteiger partial charge >= 0.3 is 0 Å². The van der Waals surface area contributed by atoms with Gasteiger partial charge < -0.3 is 9.47 Å². The van der Waals surface area contributed by atoms with Gasteiger partial charge in [0.15, 0.2) is 0 Å². The third-order valence-electron chi connectivity index (χ3n) is 2.70. The lowest BCUT2D eigenvalue weighted by Gasteiger charge is -2.22. The number of rotatable bonds is 3. The number of aryl methyl sites for hydroxylation is 1. The number of benzene rings is 1. The van der Waals surface area contributed by atoms with Gasteiger partial charge in [0.25, 0.3) is 0 Å². The van der Waals surface area contributed by atoms with Gasteiger partial charge in [0.2, 0.25) is 0 Å². The molecule has 0 aromatic heterocycles. The van der Waals surface area contributed by atoms with E-state index in [1.165, 1.54) is 18.4 Å². The topological polar surface area (TPSA) is 18.5 Å². The maximum atomic E-state index is 5.70. The first-order valence-corrected chi connectivity index (χ1v) is 5.66. The molecule has 2 heteroatoms. The summed E-state index contributed by atoms with van der Waals surface area (Å²) in [6.07, 6.45) is 3.88. The molecule has 0 bridgehead atoms. The minimum Gasteiger partial charge on any atom is -0.491 e. The summed E-state index contributed by atoms with van der Waals surface area (Å²) in [5.74, 6) is 0.948. The van der Waals surface area contributed by atoms with Crippen LogP contribution in [0, 0.1) is 6.92 Å². The van der Waals surface area contributed by atoms with E-state index in [1.54, 1.807) is 0 Å². The first-order valence-electron chi connectivity index (χ1n) is 5.66. The van der Waals surface area contributed by atoms with Gasteiger partial charge in [-0.15, -0.1) is 0 Å². The smallest absolute Gasteiger partial charge is 0.119 e. The molecular formula is C13H18O2. The standard InChI is InChI=1S/C13H18O2/c1-11-5-4-7-12(9-11)15-10-13-6-2-3-8-14-13/h4-5,7,9,13H,2-3,6,8,10H2,1H3. The van der Waals surface area contributed by atoms with Crippen molar-refractivity contribution in [1.29, 1.82) is 0 Å². The predicted octanol–water partition coefficient (Wildman–Crippen LogP) is 2.94. The Morgan fingerprint density at radius 3 is 3.07 bits per heavy atom. The van der Waals surface area contributed by atoms with Crippen LogP contribution in [-0.2, 0) is 4.74 Å². The summed E-state index contributed by atoms with van der Waals surface area (Å²) in [5.41, 5.74) is 1.23. The average molecular weight is 206 g/mol. The van der Waals surface area contributed by atoms with Crippen molar-refractivity contribution in [3.63, 3.8) is 0 Å². The second kappa shape index (κ2) is 5.17. The molecule has 0 aliphatic carbocycles. The Hall–Kier alpha value is -1.02. The predicted molar refractivity (Wildman–Crippen MR) is 60.3 cm³/mol. The highest BCUT2D eigenvalue weighted by molar-refractivity contribution is 5.27. The van der Waals surface area contributed by atoms with E-state index in [4.69, 9.17) is 9.47 Å². The van der Waals surface area contributed by atoms with E-state index < -0.39 is 0 Å². The van der Waals surface area contributed by atoms with Crippen LogP contribution in [0.5, 0.6) is 5.75 Å². The van der Waals surface area contributed by atoms with E-state index in [9.17, 15) is 0 Å². The Kier molecular flexibility index (Phi) is 3.62. The van der Waals surface area contributed by atoms with Gasteiger partial charge in [0, 0.05) is 6.61 Å². The van der Waals surface area contributed by atoms with Crippen LogP contribution in [0.15, 0.2) is 24.3 Å². The van der Waals surface area contributed by atoms with Gasteiger partial charge in [-0.05, 0) is 43.9 Å². The van der Waals surface area contributed by atoms with E-state index in [2.05, 4.69) is 19.1 Å². The van der Waals surface area contributed by atoms with Crippen LogP contribution >= 0.6 is 0 Å². The van der Waals surface area contributed by atoms with Gasteiger partial charge in [0.05, 0.1) is 6.10 Å². The molecular weight excluding hydrogens is 188 g/mol. The molecule has 1 unspecified atom stereocenters. The molecule has 1 atom stereocenters. The van der Waals surface area contributed by atoms with Gasteiger partial charge in [-0.2, -0.15) is 0 Å². The third kappa shape index (κ3) is 3.24. The monoisotopic (exact) mass is 206 g/mol. The molecule has 0 saturated carbocycles. The molecule has 0 radical (unpaired) electrons. The van der Waals surface area contributed by atoms with Crippen molar-refractivity contribution >= 4 is 0 Å². The lowest BCUT2D eigenvalue weighted by molar-refractivity contribution is -0.0110. The van der Waals surface area contributed by atoms with Gasteiger partial charge in [-0.25, -0.2) is 0 Å². The van der Waals surface area contributed by atoms with E-state index in [1.807, 2.05) is 12.1 Å². The Balaban J connectivity index is 1.81. The normalized spacial score (nSPS) is 21.3. The second-order valence-corrected chi connectivity index (χ2v) is 4.12. The molecule has 2 rings (SSSR count). The number of hydrogen-bond donors (Lipinski definition) is 0. The van der Waals surface area contributed by atoms with Gasteiger partial charge in [-0.3, -0.25) is 0 Å². The van der Waals surface area contributed by atoms with Crippen molar-refractivity contribution in [3.05, 3.63) is 29.8 Å². The molecule has 15 heavy (non-hydrogen) atoms. The summed E-state index contributed by atoms with van der Waals surface area (Å²) in [6.45, 7) is 3.65. The van der Waals surface area contributed by atoms with E-state index in [0.717, 1.165) is 18.8 Å². The summed E-state index contributed by atoms with van der Waals surface area (Å²) in [4.78, 5) is 0. The average Bonchev–Trinajstić information content (AvgIpc) is 2.28. The van der Waals surface area contributed by atoms with Crippen LogP contribution in [0.2, 0.25) is 0 Å². The minimum atomic E-state index is 0.291. The highest BCUT2D eigenvalue weighted by Gasteiger charge is 2.14. The number of hydrogen-bond acceptors (Lipinski definition) is 2. The summed E-state index contributed by atoms with van der Waals surface area (Å²) in [5, 5.41) is 0. The maximum absolute atomic E-state index is 5.70. The van der Waals surface area contributed by atoms with Crippen molar-refractivity contribution < 1.29 is 9.47 Å². The molecule has 1 fully saturated rings. The Morgan fingerprint density at radius 1 is 1.40 bits per heavy atom. The Labute approximate surface area is 91.2 Å². The molecule has 0 spiro atoms. The minimum absolute atomic E-state index is 0.291. The fourth-order valence-electron chi connectivity index (χ4n) is 1.83. The van der Waals surface area contributed by atoms with Crippen LogP contribution in [0.1, 0.15) is 24.8 Å². The molecule has 2 nitrogen and oxygen atoms in total. The molecule has 0 amide bonds. The highest BCUT2D eigenvalue weighted by atomic mass is 16.5. The van der Waals surface area contributed by atoms with E-state index in [0.29, 0.717) is 12.7 Å². The molecule has 82 valence electrons. The first kappa shape index (κ1) is 10.5. The second-order valence-electron chi connectivity index (χ2n) is 4.12. The van der Waals surface area contributed by atoms with Crippen molar-refractivity contribution in [2.75, 3.05) is 13.2 Å². The zero-order chi connectivity index (χ0) is 10.5. The van der Waals surface area contributed by atoms with Crippen LogP contribution in [0.3, 0.4) is 0 Å². The zero-order valence-electron chi connectivity index (χ0n) is 9.24. The van der Waals surface area contributed by atoms with Gasteiger partial charge in [0.1, 0.15) is 12.4 Å². The SMILES string of the molecule is Cc1cccc(OCC2CCCCO2)c1. The lowest BCUT2D eigenvalue weighted by atomic mass is 10.1. The van der Waals surface area contributed by atoms with Crippen molar-refractivity contribution in [2.24, 2.45) is 0 Å². The third-order valence-corrected chi connectivity index (χ3v) is 2.70. The summed E-state index contributed by atoms with van der Waals surface area (Å²) < 4.78 is 11.3. The summed E-state index contributed by atoms with van der Waals surface area (Å²) in [7, 11) is 0. The number of ether oxygens (including phenoxy) is 2. The molecule has 1 heterocycles. The van der Waals surface area contributed by atoms with Crippen molar-refractivity contribution in [2.45, 2.75) is 32.3 Å². The van der Waals surface area contributed by atoms with Crippen LogP contribution in [0.4, 0.5) is 0 Å². The van der Waals surface area contributed by atoms with E-state index in [-0.39, 0.29) is 0 Å². The summed E-state index contributed by atoms with van der Waals surface area (Å²) >= 11 is 0. The van der Waals surface area contributed by atoms with Crippen LogP contribution in [-0.4, -0.2) is 19.3 Å².